The first-order valence-electron chi connectivity index (χ1n) is 12.5. The Hall–Kier alpha value is -2.72. The number of likely N-dealkylation sites (tertiary alicyclic amines) is 1. The maximum atomic E-state index is 10.6. The van der Waals surface area contributed by atoms with Gasteiger partial charge in [0.25, 0.3) is 0 Å². The number of rotatable bonds is 4. The molecule has 3 aliphatic rings. The number of fused-ring (bicyclic) bond motifs is 2. The zero-order valence-corrected chi connectivity index (χ0v) is 22.7. The van der Waals surface area contributed by atoms with Crippen LogP contribution >= 0.6 is 11.3 Å². The Labute approximate surface area is 230 Å². The van der Waals surface area contributed by atoms with E-state index in [-0.39, 0.29) is 5.41 Å². The number of nitrogens with zero attached hydrogens (tertiary/aromatic N) is 5. The van der Waals surface area contributed by atoms with Crippen molar-refractivity contribution in [3.63, 3.8) is 0 Å². The molecule has 1 saturated heterocycles. The Bertz CT molecular complexity index is 1130. The number of piperidine rings is 1. The standard InChI is InChI=1S/C20H29N5S.2C2HF3O2/c1-15-22-19-17(25(15)11-16-3-4-16)12-24(13-18-21-7-10-26-18)14-20(19)5-8-23(2)9-6-20;2*3-2(4,5)1(6)7/h7,10,16H,3-6,8-9,11-14H2,1-2H3;2*(H,6,7). The molecule has 5 rings (SSSR count). The summed E-state index contributed by atoms with van der Waals surface area (Å²) in [5.74, 6) is -3.40. The number of hydrogen-bond acceptors (Lipinski definition) is 7. The molecule has 0 radical (unpaired) electrons. The Morgan fingerprint density at radius 1 is 1.07 bits per heavy atom. The quantitative estimate of drug-likeness (QED) is 0.501. The largest absolute Gasteiger partial charge is 0.490 e. The highest BCUT2D eigenvalue weighted by Crippen LogP contribution is 2.43. The van der Waals surface area contributed by atoms with Gasteiger partial charge in [-0.25, -0.2) is 19.6 Å². The topological polar surface area (TPSA) is 112 Å². The van der Waals surface area contributed by atoms with Gasteiger partial charge in [-0.15, -0.1) is 11.3 Å². The zero-order chi connectivity index (χ0) is 29.9. The highest BCUT2D eigenvalue weighted by atomic mass is 32.1. The van der Waals surface area contributed by atoms with Gasteiger partial charge in [0.05, 0.1) is 17.9 Å². The van der Waals surface area contributed by atoms with Gasteiger partial charge in [0.15, 0.2) is 0 Å². The van der Waals surface area contributed by atoms with Crippen LogP contribution in [-0.4, -0.2) is 85.5 Å². The van der Waals surface area contributed by atoms with E-state index in [0.717, 1.165) is 25.6 Å². The second-order valence-corrected chi connectivity index (χ2v) is 11.2. The molecule has 224 valence electrons. The molecule has 0 unspecified atom stereocenters. The van der Waals surface area contributed by atoms with Crippen molar-refractivity contribution in [2.24, 2.45) is 5.92 Å². The molecule has 0 aromatic carbocycles. The van der Waals surface area contributed by atoms with Crippen LogP contribution < -0.4 is 0 Å². The van der Waals surface area contributed by atoms with Crippen molar-refractivity contribution in [2.75, 3.05) is 26.7 Å². The Morgan fingerprint density at radius 3 is 2.08 bits per heavy atom. The number of aromatic nitrogens is 3. The second-order valence-electron chi connectivity index (χ2n) is 10.3. The Balaban J connectivity index is 0.000000263. The third kappa shape index (κ3) is 8.39. The van der Waals surface area contributed by atoms with E-state index < -0.39 is 24.3 Å². The lowest BCUT2D eigenvalue weighted by Gasteiger charge is -2.46. The molecule has 2 aromatic rings. The number of carboxylic acids is 2. The van der Waals surface area contributed by atoms with Gasteiger partial charge in [-0.05, 0) is 58.7 Å². The lowest BCUT2D eigenvalue weighted by molar-refractivity contribution is -0.193. The van der Waals surface area contributed by atoms with Crippen LogP contribution in [0.3, 0.4) is 0 Å². The lowest BCUT2D eigenvalue weighted by atomic mass is 9.72. The van der Waals surface area contributed by atoms with Crippen molar-refractivity contribution >= 4 is 23.3 Å². The maximum absolute atomic E-state index is 10.6. The molecule has 0 amide bonds. The molecule has 2 aromatic heterocycles. The number of hydrogen-bond donors (Lipinski definition) is 2. The van der Waals surface area contributed by atoms with Crippen LogP contribution in [0.15, 0.2) is 11.6 Å². The second kappa shape index (κ2) is 12.4. The van der Waals surface area contributed by atoms with Gasteiger partial charge >= 0.3 is 24.3 Å². The minimum absolute atomic E-state index is 0.233. The molecule has 2 N–H and O–H groups in total. The number of imidazole rings is 1. The van der Waals surface area contributed by atoms with Crippen LogP contribution in [0, 0.1) is 12.8 Å². The average Bonchev–Trinajstić information content (AvgIpc) is 3.42. The molecule has 0 bridgehead atoms. The first-order chi connectivity index (χ1) is 18.5. The lowest BCUT2D eigenvalue weighted by Crippen LogP contribution is -2.51. The van der Waals surface area contributed by atoms with Crippen LogP contribution in [0.1, 0.15) is 47.9 Å². The fraction of sp³-hybridized carbons (Fsp3) is 0.667. The summed E-state index contributed by atoms with van der Waals surface area (Å²) in [5, 5.41) is 17.6. The van der Waals surface area contributed by atoms with E-state index in [4.69, 9.17) is 24.8 Å². The minimum Gasteiger partial charge on any atom is -0.475 e. The fourth-order valence-corrected chi connectivity index (χ4v) is 5.50. The number of thiazole rings is 1. The molecule has 2 aliphatic heterocycles. The van der Waals surface area contributed by atoms with Gasteiger partial charge in [0.1, 0.15) is 10.8 Å². The van der Waals surface area contributed by atoms with E-state index >= 15 is 0 Å². The van der Waals surface area contributed by atoms with Crippen LogP contribution in [-0.2, 0) is 34.6 Å². The van der Waals surface area contributed by atoms with Crippen molar-refractivity contribution in [3.05, 3.63) is 33.8 Å². The molecule has 9 nitrogen and oxygen atoms in total. The third-order valence-corrected chi connectivity index (χ3v) is 7.84. The molecule has 1 spiro atoms. The van der Waals surface area contributed by atoms with E-state index in [1.807, 2.05) is 6.20 Å². The van der Waals surface area contributed by atoms with Gasteiger partial charge in [0.2, 0.25) is 0 Å². The first kappa shape index (κ1) is 31.8. The maximum Gasteiger partial charge on any atom is 0.490 e. The number of carboxylic acid groups (broad SMARTS) is 2. The van der Waals surface area contributed by atoms with Gasteiger partial charge < -0.3 is 19.7 Å². The van der Waals surface area contributed by atoms with Crippen LogP contribution in [0.5, 0.6) is 0 Å². The number of halogens is 6. The number of aryl methyl sites for hydroxylation is 1. The number of aliphatic carboxylic acids is 2. The molecule has 4 heterocycles. The fourth-order valence-electron chi connectivity index (χ4n) is 4.84. The molecule has 1 saturated carbocycles. The summed E-state index contributed by atoms with van der Waals surface area (Å²) in [6.07, 6.45) is -2.99. The predicted molar refractivity (Wildman–Crippen MR) is 132 cm³/mol. The van der Waals surface area contributed by atoms with E-state index in [9.17, 15) is 26.3 Å². The summed E-state index contributed by atoms with van der Waals surface area (Å²) < 4.78 is 66.0. The molecular formula is C24H31F6N5O4S. The van der Waals surface area contributed by atoms with Gasteiger partial charge in [-0.1, -0.05) is 0 Å². The Morgan fingerprint density at radius 2 is 1.62 bits per heavy atom. The summed E-state index contributed by atoms with van der Waals surface area (Å²) in [5.41, 5.74) is 3.16. The molecular weight excluding hydrogens is 568 g/mol. The summed E-state index contributed by atoms with van der Waals surface area (Å²) in [6, 6.07) is 0. The summed E-state index contributed by atoms with van der Waals surface area (Å²) >= 11 is 1.78. The molecule has 2 fully saturated rings. The minimum atomic E-state index is -5.08. The predicted octanol–water partition coefficient (Wildman–Crippen LogP) is 4.30. The summed E-state index contributed by atoms with van der Waals surface area (Å²) in [4.78, 5) is 32.6. The molecule has 16 heteroatoms. The number of carbonyl (C=O) groups is 2. The first-order valence-corrected chi connectivity index (χ1v) is 13.4. The van der Waals surface area contributed by atoms with Gasteiger partial charge in [-0.2, -0.15) is 26.3 Å². The molecule has 40 heavy (non-hydrogen) atoms. The van der Waals surface area contributed by atoms with Crippen LogP contribution in [0.2, 0.25) is 0 Å². The van der Waals surface area contributed by atoms with Crippen LogP contribution in [0.25, 0.3) is 0 Å². The van der Waals surface area contributed by atoms with E-state index in [0.29, 0.717) is 0 Å². The van der Waals surface area contributed by atoms with E-state index in [1.165, 1.54) is 67.5 Å². The molecule has 0 atom stereocenters. The highest BCUT2D eigenvalue weighted by Gasteiger charge is 2.45. The Kier molecular flexibility index (Phi) is 9.88. The summed E-state index contributed by atoms with van der Waals surface area (Å²) in [7, 11) is 2.25. The van der Waals surface area contributed by atoms with Crippen molar-refractivity contribution in [3.8, 4) is 0 Å². The molecule has 1 aliphatic carbocycles. The van der Waals surface area contributed by atoms with Gasteiger partial charge in [-0.3, -0.25) is 4.90 Å². The SMILES string of the molecule is Cc1nc2c(n1CC1CC1)CN(Cc1nccs1)CC21CCN(C)CC1.O=C(O)C(F)(F)F.O=C(O)C(F)(F)F. The van der Waals surface area contributed by atoms with Crippen molar-refractivity contribution in [1.29, 1.82) is 0 Å². The third-order valence-electron chi connectivity index (χ3n) is 7.07. The zero-order valence-electron chi connectivity index (χ0n) is 21.9. The average molecular weight is 600 g/mol. The highest BCUT2D eigenvalue weighted by molar-refractivity contribution is 7.09. The summed E-state index contributed by atoms with van der Waals surface area (Å²) in [6.45, 7) is 8.89. The van der Waals surface area contributed by atoms with E-state index in [1.54, 1.807) is 11.3 Å². The van der Waals surface area contributed by atoms with E-state index in [2.05, 4.69) is 38.7 Å². The normalized spacial score (nSPS) is 19.2. The van der Waals surface area contributed by atoms with Crippen molar-refractivity contribution in [2.45, 2.75) is 70.0 Å². The van der Waals surface area contributed by atoms with Gasteiger partial charge in [0, 0.05) is 36.6 Å². The van der Waals surface area contributed by atoms with Crippen molar-refractivity contribution < 1.29 is 46.1 Å². The number of alkyl halides is 6. The van der Waals surface area contributed by atoms with Crippen molar-refractivity contribution in [1.82, 2.24) is 24.3 Å². The smallest absolute Gasteiger partial charge is 0.475 e. The monoisotopic (exact) mass is 599 g/mol. The van der Waals surface area contributed by atoms with Crippen LogP contribution in [0.4, 0.5) is 26.3 Å².